The molecule has 0 unspecified atom stereocenters. The highest BCUT2D eigenvalue weighted by molar-refractivity contribution is 6.31. The molecule has 0 bridgehead atoms. The van der Waals surface area contributed by atoms with Crippen molar-refractivity contribution >= 4 is 23.1 Å². The molecule has 0 aromatic heterocycles. The highest BCUT2D eigenvalue weighted by atomic mass is 35.5. The van der Waals surface area contributed by atoms with E-state index >= 15 is 0 Å². The number of benzene rings is 1. The lowest BCUT2D eigenvalue weighted by Gasteiger charge is -2.12. The van der Waals surface area contributed by atoms with Crippen molar-refractivity contribution in [3.63, 3.8) is 0 Å². The van der Waals surface area contributed by atoms with Crippen molar-refractivity contribution in [2.24, 2.45) is 0 Å². The maximum Gasteiger partial charge on any atom is 0.328 e. The van der Waals surface area contributed by atoms with Gasteiger partial charge in [-0.25, -0.2) is 4.79 Å². The summed E-state index contributed by atoms with van der Waals surface area (Å²) in [5, 5.41) is 18.4. The van der Waals surface area contributed by atoms with E-state index in [2.05, 4.69) is 0 Å². The molecule has 0 saturated carbocycles. The summed E-state index contributed by atoms with van der Waals surface area (Å²) >= 11 is 5.97. The molecule has 5 heteroatoms. The Bertz CT molecular complexity index is 466. The first-order chi connectivity index (χ1) is 7.99. The molecule has 0 saturated heterocycles. The zero-order valence-electron chi connectivity index (χ0n) is 9.53. The number of carboxylic acids is 1. The van der Waals surface area contributed by atoms with E-state index in [0.29, 0.717) is 16.3 Å². The Hall–Kier alpha value is -1.52. The smallest absolute Gasteiger partial charge is 0.328 e. The van der Waals surface area contributed by atoms with Gasteiger partial charge < -0.3 is 14.9 Å². The van der Waals surface area contributed by atoms with Gasteiger partial charge in [0.15, 0.2) is 0 Å². The maximum atomic E-state index is 10.6. The third-order valence-electron chi connectivity index (χ3n) is 2.29. The molecule has 1 aromatic rings. The second-order valence-corrected chi connectivity index (χ2v) is 3.87. The Labute approximate surface area is 104 Å². The highest BCUT2D eigenvalue weighted by Crippen LogP contribution is 2.31. The molecule has 2 N–H and O–H groups in total. The summed E-state index contributed by atoms with van der Waals surface area (Å²) in [7, 11) is 1.47. The van der Waals surface area contributed by atoms with Crippen LogP contribution in [0.25, 0.3) is 5.57 Å². The minimum atomic E-state index is -1.13. The third kappa shape index (κ3) is 3.22. The van der Waals surface area contributed by atoms with Gasteiger partial charge in [0.25, 0.3) is 0 Å². The van der Waals surface area contributed by atoms with Crippen molar-refractivity contribution in [1.29, 1.82) is 0 Å². The van der Waals surface area contributed by atoms with Crippen molar-refractivity contribution in [1.82, 2.24) is 0 Å². The van der Waals surface area contributed by atoms with Gasteiger partial charge in [-0.3, -0.25) is 0 Å². The van der Waals surface area contributed by atoms with Gasteiger partial charge in [-0.1, -0.05) is 11.6 Å². The number of hydrogen-bond acceptors (Lipinski definition) is 3. The number of hydrogen-bond donors (Lipinski definition) is 2. The molecule has 4 nitrogen and oxygen atoms in total. The van der Waals surface area contributed by atoms with Crippen molar-refractivity contribution in [3.05, 3.63) is 34.4 Å². The average Bonchev–Trinajstić information content (AvgIpc) is 2.28. The van der Waals surface area contributed by atoms with Crippen LogP contribution in [0.5, 0.6) is 5.75 Å². The van der Waals surface area contributed by atoms with E-state index < -0.39 is 12.6 Å². The van der Waals surface area contributed by atoms with Crippen molar-refractivity contribution in [3.8, 4) is 5.75 Å². The summed E-state index contributed by atoms with van der Waals surface area (Å²) in [5.41, 5.74) is 1.55. The van der Waals surface area contributed by atoms with Crippen LogP contribution in [0, 0.1) is 6.92 Å². The van der Waals surface area contributed by atoms with Crippen LogP contribution in [-0.2, 0) is 4.79 Å². The van der Waals surface area contributed by atoms with Crippen LogP contribution in [0.1, 0.15) is 11.1 Å². The predicted molar refractivity (Wildman–Crippen MR) is 65.4 cm³/mol. The standard InChI is InChI=1S/C12H13ClO4/c1-7-3-11(17-2)9(5-10(7)13)8(6-14)4-12(15)16/h3-5,14H,6H2,1-2H3,(H,15,16)/b8-4+. The fraction of sp³-hybridized carbons (Fsp3) is 0.250. The van der Waals surface area contributed by atoms with E-state index in [-0.39, 0.29) is 5.57 Å². The van der Waals surface area contributed by atoms with Gasteiger partial charge in [0.05, 0.1) is 13.7 Å². The summed E-state index contributed by atoms with van der Waals surface area (Å²) < 4.78 is 5.14. The van der Waals surface area contributed by atoms with Gasteiger partial charge >= 0.3 is 5.97 Å². The second-order valence-electron chi connectivity index (χ2n) is 3.47. The number of carboxylic acid groups (broad SMARTS) is 1. The lowest BCUT2D eigenvalue weighted by Crippen LogP contribution is -2.00. The molecular weight excluding hydrogens is 244 g/mol. The van der Waals surface area contributed by atoms with Crippen LogP contribution >= 0.6 is 11.6 Å². The summed E-state index contributed by atoms with van der Waals surface area (Å²) in [4.78, 5) is 10.6. The topological polar surface area (TPSA) is 66.8 Å². The number of rotatable bonds is 4. The van der Waals surface area contributed by atoms with Gasteiger partial charge in [0.1, 0.15) is 5.75 Å². The molecular formula is C12H13ClO4. The van der Waals surface area contributed by atoms with Crippen LogP contribution in [0.2, 0.25) is 5.02 Å². The molecule has 0 amide bonds. The third-order valence-corrected chi connectivity index (χ3v) is 2.70. The Kier molecular flexibility index (Phi) is 4.54. The van der Waals surface area contributed by atoms with Crippen molar-refractivity contribution in [2.75, 3.05) is 13.7 Å². The van der Waals surface area contributed by atoms with Gasteiger partial charge in [-0.05, 0) is 30.2 Å². The fourth-order valence-electron chi connectivity index (χ4n) is 1.43. The molecule has 0 fully saturated rings. The Morgan fingerprint density at radius 3 is 2.65 bits per heavy atom. The van der Waals surface area contributed by atoms with Crippen molar-refractivity contribution in [2.45, 2.75) is 6.92 Å². The van der Waals surface area contributed by atoms with E-state index in [1.54, 1.807) is 12.1 Å². The van der Waals surface area contributed by atoms with Crippen LogP contribution in [0.3, 0.4) is 0 Å². The number of aryl methyl sites for hydroxylation is 1. The number of ether oxygens (including phenoxy) is 1. The van der Waals surface area contributed by atoms with Gasteiger partial charge in [0.2, 0.25) is 0 Å². The van der Waals surface area contributed by atoms with Crippen LogP contribution in [0.4, 0.5) is 0 Å². The zero-order valence-corrected chi connectivity index (χ0v) is 10.3. The predicted octanol–water partition coefficient (Wildman–Crippen LogP) is 2.12. The molecule has 0 spiro atoms. The number of aliphatic carboxylic acids is 1. The Balaban J connectivity index is 3.37. The molecule has 0 atom stereocenters. The van der Waals surface area contributed by atoms with Crippen LogP contribution in [0.15, 0.2) is 18.2 Å². The van der Waals surface area contributed by atoms with Gasteiger partial charge in [-0.15, -0.1) is 0 Å². The molecule has 0 aliphatic rings. The lowest BCUT2D eigenvalue weighted by atomic mass is 10.0. The number of aliphatic hydroxyl groups is 1. The summed E-state index contributed by atoms with van der Waals surface area (Å²) in [6, 6.07) is 3.28. The molecule has 17 heavy (non-hydrogen) atoms. The van der Waals surface area contributed by atoms with Crippen LogP contribution in [-0.4, -0.2) is 29.9 Å². The normalized spacial score (nSPS) is 11.4. The Morgan fingerprint density at radius 1 is 1.53 bits per heavy atom. The number of carbonyl (C=O) groups is 1. The summed E-state index contributed by atoms with van der Waals surface area (Å²) in [6.07, 6.45) is 0.934. The van der Waals surface area contributed by atoms with E-state index in [1.807, 2.05) is 6.92 Å². The minimum absolute atomic E-state index is 0.247. The van der Waals surface area contributed by atoms with E-state index in [9.17, 15) is 9.90 Å². The van der Waals surface area contributed by atoms with E-state index in [4.69, 9.17) is 21.4 Å². The minimum Gasteiger partial charge on any atom is -0.496 e. The number of methoxy groups -OCH3 is 1. The molecule has 0 aliphatic heterocycles. The first kappa shape index (κ1) is 13.5. The number of aliphatic hydroxyl groups excluding tert-OH is 1. The Morgan fingerprint density at radius 2 is 2.18 bits per heavy atom. The van der Waals surface area contributed by atoms with Crippen molar-refractivity contribution < 1.29 is 19.7 Å². The highest BCUT2D eigenvalue weighted by Gasteiger charge is 2.12. The molecule has 0 aliphatic carbocycles. The van der Waals surface area contributed by atoms with Crippen LogP contribution < -0.4 is 4.74 Å². The second kappa shape index (κ2) is 5.70. The quantitative estimate of drug-likeness (QED) is 0.810. The van der Waals surface area contributed by atoms with Gasteiger partial charge in [0, 0.05) is 16.7 Å². The number of halogens is 1. The molecule has 1 aromatic carbocycles. The first-order valence-electron chi connectivity index (χ1n) is 4.88. The maximum absolute atomic E-state index is 10.6. The van der Waals surface area contributed by atoms with E-state index in [1.165, 1.54) is 7.11 Å². The average molecular weight is 257 g/mol. The largest absolute Gasteiger partial charge is 0.496 e. The zero-order chi connectivity index (χ0) is 13.0. The molecule has 1 rings (SSSR count). The molecule has 0 radical (unpaired) electrons. The SMILES string of the molecule is COc1cc(C)c(Cl)cc1/C(=C/C(=O)O)CO. The molecule has 92 valence electrons. The first-order valence-corrected chi connectivity index (χ1v) is 5.26. The van der Waals surface area contributed by atoms with E-state index in [0.717, 1.165) is 11.6 Å². The monoisotopic (exact) mass is 256 g/mol. The lowest BCUT2D eigenvalue weighted by molar-refractivity contribution is -0.131. The summed E-state index contributed by atoms with van der Waals surface area (Å²) in [5.74, 6) is -0.652. The fourth-order valence-corrected chi connectivity index (χ4v) is 1.60. The summed E-state index contributed by atoms with van der Waals surface area (Å²) in [6.45, 7) is 1.41. The van der Waals surface area contributed by atoms with Gasteiger partial charge in [-0.2, -0.15) is 0 Å². The molecule has 0 heterocycles.